The Balaban J connectivity index is 1.85. The Labute approximate surface area is 136 Å². The lowest BCUT2D eigenvalue weighted by Gasteiger charge is -2.21. The topological polar surface area (TPSA) is 100 Å². The lowest BCUT2D eigenvalue weighted by molar-refractivity contribution is -0.132. The summed E-state index contributed by atoms with van der Waals surface area (Å²) in [7, 11) is 0. The zero-order valence-electron chi connectivity index (χ0n) is 11.7. The highest BCUT2D eigenvalue weighted by Crippen LogP contribution is 2.23. The van der Waals surface area contributed by atoms with Crippen molar-refractivity contribution >= 4 is 41.0 Å². The number of carbonyl (C=O) groups is 3. The lowest BCUT2D eigenvalue weighted by Crippen LogP contribution is -2.54. The number of imide groups is 2. The number of aromatic nitrogens is 1. The molecule has 2 heterocycles. The average molecular weight is 331 g/mol. The van der Waals surface area contributed by atoms with Gasteiger partial charge in [0.15, 0.2) is 0 Å². The van der Waals surface area contributed by atoms with Gasteiger partial charge in [0.05, 0.1) is 5.02 Å². The van der Waals surface area contributed by atoms with Gasteiger partial charge in [0.2, 0.25) is 11.8 Å². The van der Waals surface area contributed by atoms with Gasteiger partial charge in [-0.25, -0.2) is 9.78 Å². The monoisotopic (exact) mass is 330 g/mol. The van der Waals surface area contributed by atoms with Gasteiger partial charge >= 0.3 is 6.03 Å². The van der Waals surface area contributed by atoms with Crippen LogP contribution < -0.4 is 16.0 Å². The molecule has 0 atom stereocenters. The van der Waals surface area contributed by atoms with E-state index < -0.39 is 23.8 Å². The number of amides is 4. The normalized spacial score (nSPS) is 15.1. The van der Waals surface area contributed by atoms with Crippen LogP contribution >= 0.6 is 11.6 Å². The summed E-state index contributed by atoms with van der Waals surface area (Å²) in [5.74, 6) is -1.81. The highest BCUT2D eigenvalue weighted by molar-refractivity contribution is 6.30. The highest BCUT2D eigenvalue weighted by Gasteiger charge is 2.35. The van der Waals surface area contributed by atoms with Crippen LogP contribution in [0.2, 0.25) is 5.02 Å². The fourth-order valence-corrected chi connectivity index (χ4v) is 2.33. The van der Waals surface area contributed by atoms with Gasteiger partial charge in [-0.2, -0.15) is 0 Å². The van der Waals surface area contributed by atoms with Crippen LogP contribution in [0.1, 0.15) is 11.5 Å². The van der Waals surface area contributed by atoms with Crippen molar-refractivity contribution in [2.24, 2.45) is 0 Å². The summed E-state index contributed by atoms with van der Waals surface area (Å²) in [5, 5.41) is 7.72. The Morgan fingerprint density at radius 1 is 1.04 bits per heavy atom. The Hall–Kier alpha value is -2.93. The van der Waals surface area contributed by atoms with E-state index in [1.165, 1.54) is 6.20 Å². The number of carbonyl (C=O) groups excluding carboxylic acids is 3. The molecule has 1 aliphatic heterocycles. The summed E-state index contributed by atoms with van der Waals surface area (Å²) in [5.41, 5.74) is 1.11. The Morgan fingerprint density at radius 3 is 2.43 bits per heavy atom. The molecular formula is C15H11ClN4O3. The fourth-order valence-electron chi connectivity index (χ4n) is 2.21. The van der Waals surface area contributed by atoms with Crippen molar-refractivity contribution in [2.75, 3.05) is 5.32 Å². The highest BCUT2D eigenvalue weighted by atomic mass is 35.5. The number of benzene rings is 1. The van der Waals surface area contributed by atoms with Gasteiger partial charge in [-0.3, -0.25) is 20.2 Å². The molecule has 0 unspecified atom stereocenters. The molecule has 0 saturated carbocycles. The number of barbiturate groups is 1. The number of rotatable bonds is 3. The molecule has 0 bridgehead atoms. The van der Waals surface area contributed by atoms with Crippen LogP contribution in [0.5, 0.6) is 0 Å². The third-order valence-electron chi connectivity index (χ3n) is 3.22. The van der Waals surface area contributed by atoms with E-state index in [-0.39, 0.29) is 0 Å². The maximum atomic E-state index is 11.9. The molecule has 1 saturated heterocycles. The summed E-state index contributed by atoms with van der Waals surface area (Å²) in [4.78, 5) is 39.0. The van der Waals surface area contributed by atoms with Crippen molar-refractivity contribution in [1.82, 2.24) is 15.6 Å². The molecule has 0 radical (unpaired) electrons. The minimum Gasteiger partial charge on any atom is -0.340 e. The fraction of sp³-hybridized carbons (Fsp3) is 0.0667. The number of anilines is 2. The van der Waals surface area contributed by atoms with E-state index in [1.54, 1.807) is 36.4 Å². The van der Waals surface area contributed by atoms with Gasteiger partial charge in [-0.1, -0.05) is 23.7 Å². The Kier molecular flexibility index (Phi) is 3.94. The molecule has 1 aromatic heterocycles. The molecule has 23 heavy (non-hydrogen) atoms. The molecule has 1 aromatic carbocycles. The number of hydrogen-bond acceptors (Lipinski definition) is 5. The van der Waals surface area contributed by atoms with Crippen LogP contribution in [0.3, 0.4) is 0 Å². The predicted molar refractivity (Wildman–Crippen MR) is 83.4 cm³/mol. The quantitative estimate of drug-likeness (QED) is 0.747. The van der Waals surface area contributed by atoms with E-state index >= 15 is 0 Å². The summed E-state index contributed by atoms with van der Waals surface area (Å²) < 4.78 is 0. The SMILES string of the molecule is O=C1NC(=O)C(c2cccc(Nc3ccc(Cl)cn3)c2)C(=O)N1. The van der Waals surface area contributed by atoms with Crippen LogP contribution in [0.15, 0.2) is 42.6 Å². The van der Waals surface area contributed by atoms with Crippen molar-refractivity contribution in [3.05, 3.63) is 53.2 Å². The van der Waals surface area contributed by atoms with Gasteiger partial charge in [-0.05, 0) is 29.8 Å². The molecule has 2 aromatic rings. The number of pyridine rings is 1. The van der Waals surface area contributed by atoms with Gasteiger partial charge in [0.25, 0.3) is 0 Å². The summed E-state index contributed by atoms with van der Waals surface area (Å²) in [6, 6.07) is 9.34. The predicted octanol–water partition coefficient (Wildman–Crippen LogP) is 1.93. The second-order valence-corrected chi connectivity index (χ2v) is 5.29. The molecule has 1 fully saturated rings. The summed E-state index contributed by atoms with van der Waals surface area (Å²) in [6.45, 7) is 0. The first-order valence-electron chi connectivity index (χ1n) is 6.67. The molecular weight excluding hydrogens is 320 g/mol. The van der Waals surface area contributed by atoms with Crippen molar-refractivity contribution in [2.45, 2.75) is 5.92 Å². The molecule has 0 spiro atoms. The van der Waals surface area contributed by atoms with Crippen LogP contribution in [-0.2, 0) is 9.59 Å². The number of urea groups is 1. The molecule has 116 valence electrons. The lowest BCUT2D eigenvalue weighted by atomic mass is 9.95. The molecule has 3 N–H and O–H groups in total. The minimum atomic E-state index is -1.08. The first-order valence-corrected chi connectivity index (χ1v) is 7.05. The molecule has 0 aliphatic carbocycles. The molecule has 7 nitrogen and oxygen atoms in total. The van der Waals surface area contributed by atoms with E-state index in [1.807, 2.05) is 0 Å². The maximum absolute atomic E-state index is 11.9. The van der Waals surface area contributed by atoms with Crippen LogP contribution in [0.25, 0.3) is 0 Å². The first-order chi connectivity index (χ1) is 11.0. The van der Waals surface area contributed by atoms with Gasteiger partial charge < -0.3 is 5.32 Å². The summed E-state index contributed by atoms with van der Waals surface area (Å²) >= 11 is 5.78. The van der Waals surface area contributed by atoms with Gasteiger partial charge in [0.1, 0.15) is 11.7 Å². The molecule has 3 rings (SSSR count). The van der Waals surface area contributed by atoms with E-state index in [9.17, 15) is 14.4 Å². The van der Waals surface area contributed by atoms with Crippen molar-refractivity contribution < 1.29 is 14.4 Å². The summed E-state index contributed by atoms with van der Waals surface area (Å²) in [6.07, 6.45) is 1.50. The van der Waals surface area contributed by atoms with Crippen molar-refractivity contribution in [3.8, 4) is 0 Å². The van der Waals surface area contributed by atoms with Gasteiger partial charge in [0, 0.05) is 11.9 Å². The molecule has 8 heteroatoms. The standard InChI is InChI=1S/C15H11ClN4O3/c16-9-4-5-11(17-7-9)18-10-3-1-2-8(6-10)12-13(21)19-15(23)20-14(12)22/h1-7,12H,(H,17,18)(H2,19,20,21,22,23). The number of halogens is 1. The zero-order chi connectivity index (χ0) is 16.4. The third kappa shape index (κ3) is 3.29. The third-order valence-corrected chi connectivity index (χ3v) is 3.44. The van der Waals surface area contributed by atoms with E-state index in [0.717, 1.165) is 0 Å². The molecule has 1 aliphatic rings. The number of nitrogens with zero attached hydrogens (tertiary/aromatic N) is 1. The molecule has 4 amide bonds. The number of nitrogens with one attached hydrogen (secondary N) is 3. The van der Waals surface area contributed by atoms with Crippen LogP contribution in [0.4, 0.5) is 16.3 Å². The maximum Gasteiger partial charge on any atom is 0.328 e. The van der Waals surface area contributed by atoms with Crippen molar-refractivity contribution in [3.63, 3.8) is 0 Å². The number of hydrogen-bond donors (Lipinski definition) is 3. The van der Waals surface area contributed by atoms with E-state index in [2.05, 4.69) is 20.9 Å². The average Bonchev–Trinajstić information content (AvgIpc) is 2.49. The van der Waals surface area contributed by atoms with E-state index in [0.29, 0.717) is 22.1 Å². The largest absolute Gasteiger partial charge is 0.340 e. The smallest absolute Gasteiger partial charge is 0.328 e. The second kappa shape index (κ2) is 6.05. The van der Waals surface area contributed by atoms with Gasteiger partial charge in [-0.15, -0.1) is 0 Å². The van der Waals surface area contributed by atoms with E-state index in [4.69, 9.17) is 11.6 Å². The Bertz CT molecular complexity index is 772. The van der Waals surface area contributed by atoms with Crippen LogP contribution in [-0.4, -0.2) is 22.8 Å². The first kappa shape index (κ1) is 15.0. The van der Waals surface area contributed by atoms with Crippen LogP contribution in [0, 0.1) is 0 Å². The Morgan fingerprint density at radius 2 is 1.78 bits per heavy atom. The minimum absolute atomic E-state index is 0.464. The van der Waals surface area contributed by atoms with Crippen molar-refractivity contribution in [1.29, 1.82) is 0 Å². The second-order valence-electron chi connectivity index (χ2n) is 4.85. The zero-order valence-corrected chi connectivity index (χ0v) is 12.4.